The zero-order chi connectivity index (χ0) is 10.7. The largest absolute Gasteiger partial charge is 0.379 e. The van der Waals surface area contributed by atoms with Gasteiger partial charge in [0.2, 0.25) is 0 Å². The second kappa shape index (κ2) is 3.83. The summed E-state index contributed by atoms with van der Waals surface area (Å²) >= 11 is 0. The summed E-state index contributed by atoms with van der Waals surface area (Å²) in [4.78, 5) is 4.18. The van der Waals surface area contributed by atoms with Crippen molar-refractivity contribution in [2.45, 2.75) is 12.5 Å². The van der Waals surface area contributed by atoms with Gasteiger partial charge in [-0.25, -0.2) is 0 Å². The molecule has 0 bridgehead atoms. The Morgan fingerprint density at radius 1 is 1.00 bits per heavy atom. The normalized spacial score (nSPS) is 14.5. The first-order chi connectivity index (χ1) is 7.21. The Morgan fingerprint density at radius 2 is 1.67 bits per heavy atom. The van der Waals surface area contributed by atoms with E-state index in [9.17, 15) is 5.11 Å². The van der Waals surface area contributed by atoms with E-state index >= 15 is 0 Å². The van der Waals surface area contributed by atoms with Crippen LogP contribution in [0, 0.1) is 0 Å². The Balaban J connectivity index is 2.44. The molecule has 1 aromatic carbocycles. The lowest BCUT2D eigenvalue weighted by molar-refractivity contribution is 0.0974. The molecule has 1 atom stereocenters. The van der Waals surface area contributed by atoms with E-state index in [4.69, 9.17) is 0 Å². The quantitative estimate of drug-likeness (QED) is 0.805. The van der Waals surface area contributed by atoms with Crippen molar-refractivity contribution in [2.75, 3.05) is 0 Å². The fourth-order valence-electron chi connectivity index (χ4n) is 1.56. The number of benzene rings is 1. The van der Waals surface area contributed by atoms with Crippen LogP contribution in [0.15, 0.2) is 54.7 Å². The summed E-state index contributed by atoms with van der Waals surface area (Å²) in [6.45, 7) is 1.75. The number of nitrogens with zero attached hydrogens (tertiary/aromatic N) is 1. The molecule has 1 aromatic heterocycles. The molecule has 0 aliphatic carbocycles. The summed E-state index contributed by atoms with van der Waals surface area (Å²) in [6, 6.07) is 15.1. The molecule has 2 aromatic rings. The number of aromatic nitrogens is 1. The van der Waals surface area contributed by atoms with Crippen LogP contribution in [0.1, 0.15) is 18.2 Å². The Bertz CT molecular complexity index is 381. The second-order valence-corrected chi connectivity index (χ2v) is 3.65. The molecule has 0 fully saturated rings. The molecule has 76 valence electrons. The molecule has 2 nitrogen and oxygen atoms in total. The number of hydrogen-bond donors (Lipinski definition) is 1. The van der Waals surface area contributed by atoms with Gasteiger partial charge in [-0.3, -0.25) is 4.98 Å². The van der Waals surface area contributed by atoms with Gasteiger partial charge in [-0.2, -0.15) is 0 Å². The maximum atomic E-state index is 10.4. The average molecular weight is 199 g/mol. The Kier molecular flexibility index (Phi) is 2.52. The van der Waals surface area contributed by atoms with Gasteiger partial charge in [0.05, 0.1) is 5.69 Å². The van der Waals surface area contributed by atoms with Crippen molar-refractivity contribution in [1.82, 2.24) is 4.98 Å². The third-order valence-corrected chi connectivity index (χ3v) is 2.50. The lowest BCUT2D eigenvalue weighted by Crippen LogP contribution is -2.23. The zero-order valence-corrected chi connectivity index (χ0v) is 8.59. The maximum Gasteiger partial charge on any atom is 0.129 e. The first-order valence-corrected chi connectivity index (χ1v) is 4.90. The second-order valence-electron chi connectivity index (χ2n) is 3.65. The predicted octanol–water partition coefficient (Wildman–Crippen LogP) is 2.34. The molecule has 15 heavy (non-hydrogen) atoms. The maximum absolute atomic E-state index is 10.4. The minimum absolute atomic E-state index is 0.663. The highest BCUT2D eigenvalue weighted by Gasteiger charge is 2.26. The van der Waals surface area contributed by atoms with Gasteiger partial charge in [0.25, 0.3) is 0 Å². The summed E-state index contributed by atoms with van der Waals surface area (Å²) < 4.78 is 0. The summed E-state index contributed by atoms with van der Waals surface area (Å²) in [5, 5.41) is 10.4. The molecule has 0 amide bonds. The average Bonchev–Trinajstić information content (AvgIpc) is 2.31. The molecule has 0 spiro atoms. The van der Waals surface area contributed by atoms with E-state index in [0.717, 1.165) is 5.56 Å². The number of aliphatic hydroxyl groups is 1. The van der Waals surface area contributed by atoms with Crippen molar-refractivity contribution < 1.29 is 5.11 Å². The van der Waals surface area contributed by atoms with Crippen molar-refractivity contribution in [1.29, 1.82) is 0 Å². The van der Waals surface area contributed by atoms with Crippen LogP contribution in [0.2, 0.25) is 0 Å². The predicted molar refractivity (Wildman–Crippen MR) is 59.4 cm³/mol. The standard InChI is InChI=1S/C13H13NO/c1-13(15,11-7-3-2-4-8-11)12-9-5-6-10-14-12/h2-10,15H,1H3. The third-order valence-electron chi connectivity index (χ3n) is 2.50. The topological polar surface area (TPSA) is 33.1 Å². The van der Waals surface area contributed by atoms with Crippen LogP contribution in [0.3, 0.4) is 0 Å². The molecule has 1 heterocycles. The highest BCUT2D eigenvalue weighted by molar-refractivity contribution is 5.30. The number of pyridine rings is 1. The van der Waals surface area contributed by atoms with Gasteiger partial charge in [0.1, 0.15) is 5.60 Å². The van der Waals surface area contributed by atoms with Crippen LogP contribution in [0.5, 0.6) is 0 Å². The molecule has 0 radical (unpaired) electrons. The van der Waals surface area contributed by atoms with E-state index in [1.165, 1.54) is 0 Å². The van der Waals surface area contributed by atoms with Crippen molar-refractivity contribution in [3.63, 3.8) is 0 Å². The third kappa shape index (κ3) is 1.90. The van der Waals surface area contributed by atoms with Crippen LogP contribution in [-0.2, 0) is 5.60 Å². The summed E-state index contributed by atoms with van der Waals surface area (Å²) in [6.07, 6.45) is 1.69. The van der Waals surface area contributed by atoms with Crippen LogP contribution < -0.4 is 0 Å². The molecule has 0 aliphatic heterocycles. The van der Waals surface area contributed by atoms with Crippen molar-refractivity contribution in [2.24, 2.45) is 0 Å². The van der Waals surface area contributed by atoms with E-state index < -0.39 is 5.60 Å². The molecule has 2 rings (SSSR count). The van der Waals surface area contributed by atoms with Gasteiger partial charge in [0.15, 0.2) is 0 Å². The fraction of sp³-hybridized carbons (Fsp3) is 0.154. The van der Waals surface area contributed by atoms with Gasteiger partial charge in [-0.1, -0.05) is 36.4 Å². The van der Waals surface area contributed by atoms with Crippen LogP contribution in [-0.4, -0.2) is 10.1 Å². The first kappa shape index (κ1) is 9.87. The zero-order valence-electron chi connectivity index (χ0n) is 8.59. The summed E-state index contributed by atoms with van der Waals surface area (Å²) in [7, 11) is 0. The SMILES string of the molecule is CC(O)(c1ccccc1)c1ccccn1. The van der Waals surface area contributed by atoms with Gasteiger partial charge in [-0.05, 0) is 24.6 Å². The molecular weight excluding hydrogens is 186 g/mol. The van der Waals surface area contributed by atoms with Gasteiger partial charge >= 0.3 is 0 Å². The van der Waals surface area contributed by atoms with Crippen LogP contribution in [0.4, 0.5) is 0 Å². The minimum Gasteiger partial charge on any atom is -0.379 e. The Hall–Kier alpha value is -1.67. The minimum atomic E-state index is -1.03. The lowest BCUT2D eigenvalue weighted by atomic mass is 9.92. The number of hydrogen-bond acceptors (Lipinski definition) is 2. The Morgan fingerprint density at radius 3 is 2.27 bits per heavy atom. The van der Waals surface area contributed by atoms with Gasteiger partial charge in [-0.15, -0.1) is 0 Å². The van der Waals surface area contributed by atoms with Crippen molar-refractivity contribution >= 4 is 0 Å². The van der Waals surface area contributed by atoms with Gasteiger partial charge in [0, 0.05) is 6.20 Å². The highest BCUT2D eigenvalue weighted by Crippen LogP contribution is 2.26. The number of rotatable bonds is 2. The molecule has 1 N–H and O–H groups in total. The first-order valence-electron chi connectivity index (χ1n) is 4.90. The van der Waals surface area contributed by atoms with E-state index in [1.807, 2.05) is 48.5 Å². The van der Waals surface area contributed by atoms with E-state index in [2.05, 4.69) is 4.98 Å². The van der Waals surface area contributed by atoms with Crippen molar-refractivity contribution in [3.05, 3.63) is 66.0 Å². The molecular formula is C13H13NO. The monoisotopic (exact) mass is 199 g/mol. The van der Waals surface area contributed by atoms with E-state index in [-0.39, 0.29) is 0 Å². The van der Waals surface area contributed by atoms with Gasteiger partial charge < -0.3 is 5.11 Å². The van der Waals surface area contributed by atoms with Crippen molar-refractivity contribution in [3.8, 4) is 0 Å². The van der Waals surface area contributed by atoms with Crippen LogP contribution >= 0.6 is 0 Å². The molecule has 0 saturated heterocycles. The summed E-state index contributed by atoms with van der Waals surface area (Å²) in [5.41, 5.74) is 0.489. The molecule has 1 unspecified atom stereocenters. The fourth-order valence-corrected chi connectivity index (χ4v) is 1.56. The lowest BCUT2D eigenvalue weighted by Gasteiger charge is -2.22. The molecule has 0 aliphatic rings. The summed E-state index contributed by atoms with van der Waals surface area (Å²) in [5.74, 6) is 0. The molecule has 0 saturated carbocycles. The van der Waals surface area contributed by atoms with Crippen LogP contribution in [0.25, 0.3) is 0 Å². The molecule has 2 heteroatoms. The van der Waals surface area contributed by atoms with E-state index in [0.29, 0.717) is 5.69 Å². The Labute approximate surface area is 89.2 Å². The highest BCUT2D eigenvalue weighted by atomic mass is 16.3. The smallest absolute Gasteiger partial charge is 0.129 e. The van der Waals surface area contributed by atoms with E-state index in [1.54, 1.807) is 13.1 Å².